The van der Waals surface area contributed by atoms with Gasteiger partial charge in [-0.3, -0.25) is 0 Å². The van der Waals surface area contributed by atoms with Crippen molar-refractivity contribution in [3.63, 3.8) is 0 Å². The highest BCUT2D eigenvalue weighted by molar-refractivity contribution is 5.19. The van der Waals surface area contributed by atoms with Crippen molar-refractivity contribution < 1.29 is 13.9 Å². The molecule has 1 aliphatic rings. The van der Waals surface area contributed by atoms with E-state index in [2.05, 4.69) is 0 Å². The minimum atomic E-state index is -0.506. The molecule has 0 bridgehead atoms. The molecule has 2 atom stereocenters. The van der Waals surface area contributed by atoms with Gasteiger partial charge in [0.25, 0.3) is 0 Å². The van der Waals surface area contributed by atoms with E-state index in [9.17, 15) is 13.9 Å². The van der Waals surface area contributed by atoms with Crippen LogP contribution in [0, 0.1) is 17.6 Å². The number of aliphatic hydroxyl groups is 1. The number of halogens is 2. The van der Waals surface area contributed by atoms with Crippen molar-refractivity contribution in [2.75, 3.05) is 13.6 Å². The third-order valence-corrected chi connectivity index (χ3v) is 3.65. The molecule has 0 radical (unpaired) electrons. The molecule has 0 amide bonds. The highest BCUT2D eigenvalue weighted by Gasteiger charge is 2.26. The maximum absolute atomic E-state index is 13.5. The third-order valence-electron chi connectivity index (χ3n) is 3.65. The van der Waals surface area contributed by atoms with Gasteiger partial charge in [-0.2, -0.15) is 0 Å². The van der Waals surface area contributed by atoms with Gasteiger partial charge in [-0.05, 0) is 37.9 Å². The van der Waals surface area contributed by atoms with Crippen molar-refractivity contribution in [2.45, 2.75) is 31.9 Å². The van der Waals surface area contributed by atoms with Crippen molar-refractivity contribution in [3.8, 4) is 0 Å². The van der Waals surface area contributed by atoms with Crippen molar-refractivity contribution in [3.05, 3.63) is 35.4 Å². The Bertz CT molecular complexity index is 391. The van der Waals surface area contributed by atoms with Crippen LogP contribution >= 0.6 is 0 Å². The van der Waals surface area contributed by atoms with Crippen LogP contribution in [0.4, 0.5) is 8.78 Å². The zero-order chi connectivity index (χ0) is 13.1. The fourth-order valence-corrected chi connectivity index (χ4v) is 2.65. The van der Waals surface area contributed by atoms with E-state index in [0.717, 1.165) is 19.3 Å². The summed E-state index contributed by atoms with van der Waals surface area (Å²) in [5, 5.41) is 9.74. The van der Waals surface area contributed by atoms with Gasteiger partial charge < -0.3 is 10.0 Å². The second-order valence-corrected chi connectivity index (χ2v) is 5.16. The van der Waals surface area contributed by atoms with E-state index in [1.807, 2.05) is 11.9 Å². The van der Waals surface area contributed by atoms with Crippen LogP contribution in [0.1, 0.15) is 24.8 Å². The van der Waals surface area contributed by atoms with Crippen LogP contribution in [-0.2, 0) is 6.54 Å². The minimum Gasteiger partial charge on any atom is -0.393 e. The predicted octanol–water partition coefficient (Wildman–Crippen LogP) is 2.56. The molecule has 2 rings (SSSR count). The smallest absolute Gasteiger partial charge is 0.130 e. The molecule has 0 aromatic heterocycles. The summed E-state index contributed by atoms with van der Waals surface area (Å²) in [6, 6.07) is 3.92. The predicted molar refractivity (Wildman–Crippen MR) is 66.0 cm³/mol. The van der Waals surface area contributed by atoms with Gasteiger partial charge in [0, 0.05) is 18.7 Å². The largest absolute Gasteiger partial charge is 0.393 e. The molecule has 1 aromatic carbocycles. The lowest BCUT2D eigenvalue weighted by atomic mass is 10.1. The van der Waals surface area contributed by atoms with E-state index >= 15 is 0 Å². The Morgan fingerprint density at radius 2 is 1.94 bits per heavy atom. The molecule has 0 saturated heterocycles. The van der Waals surface area contributed by atoms with Gasteiger partial charge in [0.05, 0.1) is 6.10 Å². The summed E-state index contributed by atoms with van der Waals surface area (Å²) in [4.78, 5) is 1.88. The van der Waals surface area contributed by atoms with Crippen LogP contribution in [0.15, 0.2) is 18.2 Å². The lowest BCUT2D eigenvalue weighted by Crippen LogP contribution is -2.30. The number of benzene rings is 1. The Balaban J connectivity index is 1.96. The molecule has 2 nitrogen and oxygen atoms in total. The second-order valence-electron chi connectivity index (χ2n) is 5.16. The highest BCUT2D eigenvalue weighted by Crippen LogP contribution is 2.26. The van der Waals surface area contributed by atoms with Crippen molar-refractivity contribution in [1.29, 1.82) is 0 Å². The minimum absolute atomic E-state index is 0.104. The average Bonchev–Trinajstić information content (AvgIpc) is 2.70. The van der Waals surface area contributed by atoms with Crippen molar-refractivity contribution in [1.82, 2.24) is 4.90 Å². The monoisotopic (exact) mass is 255 g/mol. The van der Waals surface area contributed by atoms with E-state index < -0.39 is 11.6 Å². The summed E-state index contributed by atoms with van der Waals surface area (Å²) in [5.74, 6) is -0.785. The molecular formula is C14H19F2NO. The number of nitrogens with zero attached hydrogens (tertiary/aromatic N) is 1. The number of hydrogen-bond donors (Lipinski definition) is 1. The SMILES string of the molecule is CN(Cc1c(F)cccc1F)C[C@@H]1CCC[C@@H]1O. The summed E-state index contributed by atoms with van der Waals surface area (Å²) in [6.07, 6.45) is 2.60. The molecule has 1 N–H and O–H groups in total. The van der Waals surface area contributed by atoms with Gasteiger partial charge in [0.2, 0.25) is 0 Å². The lowest BCUT2D eigenvalue weighted by Gasteiger charge is -2.23. The van der Waals surface area contributed by atoms with Crippen LogP contribution in [0.3, 0.4) is 0 Å². The first-order valence-corrected chi connectivity index (χ1v) is 6.37. The maximum Gasteiger partial charge on any atom is 0.130 e. The van der Waals surface area contributed by atoms with E-state index in [1.54, 1.807) is 0 Å². The average molecular weight is 255 g/mol. The maximum atomic E-state index is 13.5. The molecule has 18 heavy (non-hydrogen) atoms. The second kappa shape index (κ2) is 5.76. The fraction of sp³-hybridized carbons (Fsp3) is 0.571. The fourth-order valence-electron chi connectivity index (χ4n) is 2.65. The number of hydrogen-bond acceptors (Lipinski definition) is 2. The van der Waals surface area contributed by atoms with Gasteiger partial charge in [-0.25, -0.2) is 8.78 Å². The summed E-state index contributed by atoms with van der Waals surface area (Å²) in [5.41, 5.74) is 0.104. The van der Waals surface area contributed by atoms with Gasteiger partial charge in [-0.1, -0.05) is 12.5 Å². The van der Waals surface area contributed by atoms with E-state index in [0.29, 0.717) is 6.54 Å². The summed E-state index contributed by atoms with van der Waals surface area (Å²) < 4.78 is 27.0. The molecule has 0 spiro atoms. The normalized spacial score (nSPS) is 23.8. The van der Waals surface area contributed by atoms with Crippen LogP contribution in [0.25, 0.3) is 0 Å². The molecule has 4 heteroatoms. The number of aliphatic hydroxyl groups excluding tert-OH is 1. The topological polar surface area (TPSA) is 23.5 Å². The molecule has 0 unspecified atom stereocenters. The van der Waals surface area contributed by atoms with Crippen molar-refractivity contribution in [2.24, 2.45) is 5.92 Å². The Kier molecular flexibility index (Phi) is 4.30. The van der Waals surface area contributed by atoms with Gasteiger partial charge in [-0.15, -0.1) is 0 Å². The Morgan fingerprint density at radius 1 is 1.28 bits per heavy atom. The van der Waals surface area contributed by atoms with Gasteiger partial charge in [0.1, 0.15) is 11.6 Å². The molecule has 100 valence electrons. The molecule has 0 aliphatic heterocycles. The van der Waals surface area contributed by atoms with Gasteiger partial charge >= 0.3 is 0 Å². The lowest BCUT2D eigenvalue weighted by molar-refractivity contribution is 0.107. The molecule has 1 aliphatic carbocycles. The van der Waals surface area contributed by atoms with Crippen LogP contribution in [0.5, 0.6) is 0 Å². The zero-order valence-corrected chi connectivity index (χ0v) is 10.6. The van der Waals surface area contributed by atoms with Crippen molar-refractivity contribution >= 4 is 0 Å². The summed E-state index contributed by atoms with van der Waals surface area (Å²) in [7, 11) is 1.83. The Morgan fingerprint density at radius 3 is 2.50 bits per heavy atom. The molecule has 0 heterocycles. The third kappa shape index (κ3) is 3.06. The first kappa shape index (κ1) is 13.4. The first-order chi connectivity index (χ1) is 8.58. The standard InChI is InChI=1S/C14H19F2NO/c1-17(8-10-4-2-7-14(10)18)9-11-12(15)5-3-6-13(11)16/h3,5-6,10,14,18H,2,4,7-9H2,1H3/t10-,14-/m0/s1. The quantitative estimate of drug-likeness (QED) is 0.893. The van der Waals surface area contributed by atoms with E-state index in [-0.39, 0.29) is 24.1 Å². The molecule has 1 fully saturated rings. The molecule has 1 aromatic rings. The Labute approximate surface area is 106 Å². The van der Waals surface area contributed by atoms with Gasteiger partial charge in [0.15, 0.2) is 0 Å². The van der Waals surface area contributed by atoms with E-state index in [1.165, 1.54) is 18.2 Å². The molecular weight excluding hydrogens is 236 g/mol. The summed E-state index contributed by atoms with van der Waals surface area (Å²) in [6.45, 7) is 0.913. The zero-order valence-electron chi connectivity index (χ0n) is 10.6. The first-order valence-electron chi connectivity index (χ1n) is 6.37. The Hall–Kier alpha value is -1.00. The molecule has 1 saturated carbocycles. The van der Waals surface area contributed by atoms with Crippen LogP contribution in [0.2, 0.25) is 0 Å². The van der Waals surface area contributed by atoms with Crippen LogP contribution in [-0.4, -0.2) is 29.7 Å². The number of rotatable bonds is 4. The highest BCUT2D eigenvalue weighted by atomic mass is 19.1. The van der Waals surface area contributed by atoms with E-state index in [4.69, 9.17) is 0 Å². The summed E-state index contributed by atoms with van der Waals surface area (Å²) >= 11 is 0. The van der Waals surface area contributed by atoms with Crippen LogP contribution < -0.4 is 0 Å².